The molecule has 0 atom stereocenters. The maximum absolute atomic E-state index is 12.3. The number of hydrogen-bond donors (Lipinski definition) is 1. The number of aromatic nitrogens is 4. The Morgan fingerprint density at radius 1 is 1.29 bits per heavy atom. The lowest BCUT2D eigenvalue weighted by atomic mass is 10.1. The van der Waals surface area contributed by atoms with Crippen molar-refractivity contribution in [3.8, 4) is 5.75 Å². The fourth-order valence-electron chi connectivity index (χ4n) is 2.72. The summed E-state index contributed by atoms with van der Waals surface area (Å²) in [5, 5.41) is 9.05. The van der Waals surface area contributed by atoms with E-state index in [9.17, 15) is 4.79 Å². The van der Waals surface area contributed by atoms with E-state index >= 15 is 0 Å². The Morgan fingerprint density at radius 2 is 2.12 bits per heavy atom. The average molecular weight is 327 g/mol. The Morgan fingerprint density at radius 3 is 2.88 bits per heavy atom. The van der Waals surface area contributed by atoms with Gasteiger partial charge in [0, 0.05) is 24.7 Å². The van der Waals surface area contributed by atoms with Crippen molar-refractivity contribution in [2.24, 2.45) is 0 Å². The van der Waals surface area contributed by atoms with Gasteiger partial charge in [-0.05, 0) is 37.6 Å². The summed E-state index contributed by atoms with van der Waals surface area (Å²) < 4.78 is 7.19. The summed E-state index contributed by atoms with van der Waals surface area (Å²) in [6.07, 6.45) is 1.72. The number of H-pyrrole nitrogens is 1. The van der Waals surface area contributed by atoms with Gasteiger partial charge in [0.25, 0.3) is 5.56 Å². The Labute approximate surface area is 139 Å². The topological polar surface area (TPSA) is 76.0 Å². The van der Waals surface area contributed by atoms with Crippen molar-refractivity contribution in [2.75, 3.05) is 14.2 Å². The third kappa shape index (κ3) is 3.30. The lowest BCUT2D eigenvalue weighted by Gasteiger charge is -2.16. The second kappa shape index (κ2) is 6.84. The van der Waals surface area contributed by atoms with Gasteiger partial charge in [0.05, 0.1) is 19.2 Å². The average Bonchev–Trinajstić information content (AvgIpc) is 3.02. The number of nitrogens with one attached hydrogen (secondary N) is 1. The summed E-state index contributed by atoms with van der Waals surface area (Å²) in [6, 6.07) is 7.59. The van der Waals surface area contributed by atoms with E-state index in [0.29, 0.717) is 13.1 Å². The van der Waals surface area contributed by atoms with Crippen LogP contribution in [-0.4, -0.2) is 38.8 Å². The van der Waals surface area contributed by atoms with Gasteiger partial charge in [-0.25, -0.2) is 0 Å². The number of methoxy groups -OCH3 is 1. The maximum Gasteiger partial charge on any atom is 0.252 e. The molecule has 2 aromatic heterocycles. The molecular formula is C17H21N5O2. The van der Waals surface area contributed by atoms with E-state index in [2.05, 4.69) is 27.0 Å². The summed E-state index contributed by atoms with van der Waals surface area (Å²) >= 11 is 0. The van der Waals surface area contributed by atoms with Gasteiger partial charge in [-0.15, -0.1) is 10.2 Å². The molecule has 0 radical (unpaired) electrons. The van der Waals surface area contributed by atoms with E-state index in [-0.39, 0.29) is 5.56 Å². The van der Waals surface area contributed by atoms with E-state index in [1.54, 1.807) is 13.4 Å². The summed E-state index contributed by atoms with van der Waals surface area (Å²) in [4.78, 5) is 17.3. The Balaban J connectivity index is 1.81. The van der Waals surface area contributed by atoms with Crippen LogP contribution < -0.4 is 10.3 Å². The molecule has 0 aliphatic carbocycles. The fraction of sp³-hybridized carbons (Fsp3) is 0.353. The zero-order chi connectivity index (χ0) is 17.1. The number of aryl methyl sites for hydroxylation is 1. The lowest BCUT2D eigenvalue weighted by molar-refractivity contribution is 0.304. The van der Waals surface area contributed by atoms with E-state index in [0.717, 1.165) is 34.6 Å². The van der Waals surface area contributed by atoms with E-state index < -0.39 is 0 Å². The van der Waals surface area contributed by atoms with Crippen molar-refractivity contribution in [3.05, 3.63) is 52.3 Å². The van der Waals surface area contributed by atoms with Crippen LogP contribution in [0.25, 0.3) is 10.9 Å². The Hall–Kier alpha value is -2.67. The molecule has 0 unspecified atom stereocenters. The minimum absolute atomic E-state index is 0.0837. The minimum atomic E-state index is -0.0837. The SMILES string of the molecule is CCn1cnnc1CN(C)Cc1cc2ccc(OC)cc2[nH]c1=O. The number of hydrogen-bond acceptors (Lipinski definition) is 5. The second-order valence-electron chi connectivity index (χ2n) is 5.78. The molecule has 0 bridgehead atoms. The van der Waals surface area contributed by atoms with Crippen molar-refractivity contribution in [1.29, 1.82) is 0 Å². The molecule has 0 amide bonds. The quantitative estimate of drug-likeness (QED) is 0.747. The predicted octanol–water partition coefficient (Wildman–Crippen LogP) is 1.78. The van der Waals surface area contributed by atoms with Crippen molar-refractivity contribution < 1.29 is 4.74 Å². The van der Waals surface area contributed by atoms with Crippen molar-refractivity contribution in [1.82, 2.24) is 24.6 Å². The number of ether oxygens (including phenoxy) is 1. The molecule has 3 aromatic rings. The van der Waals surface area contributed by atoms with E-state index in [1.807, 2.05) is 35.9 Å². The molecule has 3 rings (SSSR count). The van der Waals surface area contributed by atoms with Gasteiger partial charge >= 0.3 is 0 Å². The number of fused-ring (bicyclic) bond motifs is 1. The molecule has 0 fully saturated rings. The predicted molar refractivity (Wildman–Crippen MR) is 92.0 cm³/mol. The minimum Gasteiger partial charge on any atom is -0.497 e. The largest absolute Gasteiger partial charge is 0.497 e. The number of aromatic amines is 1. The van der Waals surface area contributed by atoms with Gasteiger partial charge in [-0.2, -0.15) is 0 Å². The highest BCUT2D eigenvalue weighted by atomic mass is 16.5. The summed E-state index contributed by atoms with van der Waals surface area (Å²) in [5.74, 6) is 1.61. The second-order valence-corrected chi connectivity index (χ2v) is 5.78. The maximum atomic E-state index is 12.3. The lowest BCUT2D eigenvalue weighted by Crippen LogP contribution is -2.24. The number of benzene rings is 1. The van der Waals surface area contributed by atoms with Crippen LogP contribution in [0.1, 0.15) is 18.3 Å². The first-order chi connectivity index (χ1) is 11.6. The molecular weight excluding hydrogens is 306 g/mol. The zero-order valence-corrected chi connectivity index (χ0v) is 14.1. The molecule has 1 aromatic carbocycles. The standard InChI is InChI=1S/C17H21N5O2/c1-4-22-11-18-20-16(22)10-21(2)9-13-7-12-5-6-14(24-3)8-15(12)19-17(13)23/h5-8,11H,4,9-10H2,1-3H3,(H,19,23). The number of pyridine rings is 1. The molecule has 0 saturated carbocycles. The van der Waals surface area contributed by atoms with Crippen LogP contribution >= 0.6 is 0 Å². The van der Waals surface area contributed by atoms with Crippen LogP contribution in [0.4, 0.5) is 0 Å². The first-order valence-electron chi connectivity index (χ1n) is 7.86. The van der Waals surface area contributed by atoms with Crippen LogP contribution in [0.3, 0.4) is 0 Å². The fourth-order valence-corrected chi connectivity index (χ4v) is 2.72. The Bertz CT molecular complexity index is 899. The van der Waals surface area contributed by atoms with Crippen LogP contribution in [0.5, 0.6) is 5.75 Å². The normalized spacial score (nSPS) is 11.3. The van der Waals surface area contributed by atoms with Crippen LogP contribution in [0.15, 0.2) is 35.4 Å². The molecule has 1 N–H and O–H groups in total. The molecule has 7 heteroatoms. The highest BCUT2D eigenvalue weighted by molar-refractivity contribution is 5.80. The Kier molecular flexibility index (Phi) is 4.61. The highest BCUT2D eigenvalue weighted by Gasteiger charge is 2.10. The van der Waals surface area contributed by atoms with Gasteiger partial charge in [0.15, 0.2) is 0 Å². The summed E-state index contributed by atoms with van der Waals surface area (Å²) in [5.41, 5.74) is 1.41. The smallest absolute Gasteiger partial charge is 0.252 e. The highest BCUT2D eigenvalue weighted by Crippen LogP contribution is 2.18. The van der Waals surface area contributed by atoms with Gasteiger partial charge in [-0.3, -0.25) is 9.69 Å². The van der Waals surface area contributed by atoms with Gasteiger partial charge in [0.1, 0.15) is 17.9 Å². The first-order valence-corrected chi connectivity index (χ1v) is 7.86. The van der Waals surface area contributed by atoms with Crippen molar-refractivity contribution in [2.45, 2.75) is 26.6 Å². The van der Waals surface area contributed by atoms with E-state index in [1.165, 1.54) is 0 Å². The van der Waals surface area contributed by atoms with Crippen LogP contribution in [-0.2, 0) is 19.6 Å². The molecule has 126 valence electrons. The number of nitrogens with zero attached hydrogens (tertiary/aromatic N) is 4. The molecule has 24 heavy (non-hydrogen) atoms. The van der Waals surface area contributed by atoms with Gasteiger partial charge < -0.3 is 14.3 Å². The van der Waals surface area contributed by atoms with Crippen molar-refractivity contribution >= 4 is 10.9 Å². The van der Waals surface area contributed by atoms with Gasteiger partial charge in [-0.1, -0.05) is 0 Å². The summed E-state index contributed by atoms with van der Waals surface area (Å²) in [7, 11) is 3.57. The monoisotopic (exact) mass is 327 g/mol. The zero-order valence-electron chi connectivity index (χ0n) is 14.1. The molecule has 0 aliphatic heterocycles. The third-order valence-corrected chi connectivity index (χ3v) is 4.02. The summed E-state index contributed by atoms with van der Waals surface area (Å²) in [6.45, 7) is 4.05. The van der Waals surface area contributed by atoms with Crippen LogP contribution in [0, 0.1) is 0 Å². The van der Waals surface area contributed by atoms with Crippen LogP contribution in [0.2, 0.25) is 0 Å². The molecule has 2 heterocycles. The van der Waals surface area contributed by atoms with E-state index in [4.69, 9.17) is 4.74 Å². The first kappa shape index (κ1) is 16.2. The molecule has 0 spiro atoms. The molecule has 7 nitrogen and oxygen atoms in total. The van der Waals surface area contributed by atoms with Gasteiger partial charge in [0.2, 0.25) is 0 Å². The molecule has 0 aliphatic rings. The van der Waals surface area contributed by atoms with Crippen molar-refractivity contribution in [3.63, 3.8) is 0 Å². The molecule has 0 saturated heterocycles. The number of rotatable bonds is 6. The third-order valence-electron chi connectivity index (χ3n) is 4.02.